The maximum absolute atomic E-state index is 14.6. The van der Waals surface area contributed by atoms with E-state index in [2.05, 4.69) is 10.6 Å². The number of benzene rings is 2. The second-order valence-electron chi connectivity index (χ2n) is 10.3. The lowest BCUT2D eigenvalue weighted by atomic mass is 9.85. The fourth-order valence-corrected chi connectivity index (χ4v) is 5.04. The van der Waals surface area contributed by atoms with Crippen LogP contribution in [0.5, 0.6) is 0 Å². The average molecular weight is 619 g/mol. The van der Waals surface area contributed by atoms with Gasteiger partial charge >= 0.3 is 0 Å². The van der Waals surface area contributed by atoms with Crippen LogP contribution in [0.25, 0.3) is 0 Å². The van der Waals surface area contributed by atoms with Crippen LogP contribution < -0.4 is 10.6 Å². The van der Waals surface area contributed by atoms with E-state index in [1.807, 2.05) is 6.19 Å². The Morgan fingerprint density at radius 1 is 1.00 bits per heavy atom. The third-order valence-electron chi connectivity index (χ3n) is 6.29. The number of nitrogens with zero attached hydrogens (tertiary/aromatic N) is 3. The summed E-state index contributed by atoms with van der Waals surface area (Å²) in [6.07, 6.45) is 1.88. The van der Waals surface area contributed by atoms with Gasteiger partial charge in [-0.2, -0.15) is 5.26 Å². The van der Waals surface area contributed by atoms with E-state index in [1.165, 1.54) is 36.6 Å². The fourth-order valence-electron chi connectivity index (χ4n) is 4.01. The standard InChI is InChI=1S/C29H30Cl2FN5O3S/c1-29(2,3)25(35-26(38)23-13-8-14-41-23)27(39)34-22(15-18-9-5-6-11-20(18)30)28(40)36(4)37(17-33)16-19-10-7-12-21(31)24(19)32/h5-14,22,25H,15-16H2,1-4H3,(H,34,39)(H,35,38)/t22-,25+/m0/s1. The van der Waals surface area contributed by atoms with E-state index in [0.29, 0.717) is 15.5 Å². The summed E-state index contributed by atoms with van der Waals surface area (Å²) < 4.78 is 14.6. The number of halogens is 3. The largest absolute Gasteiger partial charge is 0.342 e. The molecule has 0 aliphatic carbocycles. The molecule has 8 nitrogen and oxygen atoms in total. The molecule has 3 rings (SSSR count). The molecular weight excluding hydrogens is 588 g/mol. The van der Waals surface area contributed by atoms with Crippen LogP contribution in [0.3, 0.4) is 0 Å². The normalized spacial score (nSPS) is 12.5. The lowest BCUT2D eigenvalue weighted by Gasteiger charge is -2.34. The van der Waals surface area contributed by atoms with Crippen LogP contribution in [-0.4, -0.2) is 46.9 Å². The highest BCUT2D eigenvalue weighted by Gasteiger charge is 2.37. The SMILES string of the molecule is CN(C(=O)[C@H](Cc1ccccc1Cl)NC(=O)[C@@H](NC(=O)c1cccs1)C(C)(C)C)N(C#N)Cc1cccc(Cl)c1F. The minimum atomic E-state index is -1.18. The molecule has 0 spiro atoms. The van der Waals surface area contributed by atoms with E-state index in [9.17, 15) is 24.0 Å². The van der Waals surface area contributed by atoms with Crippen molar-refractivity contribution in [2.45, 2.75) is 45.8 Å². The Hall–Kier alpha value is -3.65. The summed E-state index contributed by atoms with van der Waals surface area (Å²) in [5.74, 6) is -2.36. The van der Waals surface area contributed by atoms with Crippen LogP contribution >= 0.6 is 34.5 Å². The van der Waals surface area contributed by atoms with E-state index in [1.54, 1.807) is 62.5 Å². The van der Waals surface area contributed by atoms with Gasteiger partial charge in [-0.1, -0.05) is 80.4 Å². The molecule has 2 atom stereocenters. The molecule has 12 heteroatoms. The van der Waals surface area contributed by atoms with Crippen molar-refractivity contribution in [2.75, 3.05) is 7.05 Å². The van der Waals surface area contributed by atoms with Gasteiger partial charge in [0.1, 0.15) is 17.9 Å². The quantitative estimate of drug-likeness (QED) is 0.179. The number of hydrazine groups is 1. The fraction of sp³-hybridized carbons (Fsp3) is 0.310. The first kappa shape index (κ1) is 31.9. The summed E-state index contributed by atoms with van der Waals surface area (Å²) in [7, 11) is 1.35. The Labute approximate surface area is 252 Å². The van der Waals surface area contributed by atoms with Crippen LogP contribution in [0.2, 0.25) is 10.0 Å². The number of rotatable bonds is 10. The number of nitriles is 1. The van der Waals surface area contributed by atoms with Crippen LogP contribution in [0, 0.1) is 22.7 Å². The molecule has 1 heterocycles. The van der Waals surface area contributed by atoms with Crippen molar-refractivity contribution in [1.82, 2.24) is 20.7 Å². The zero-order valence-electron chi connectivity index (χ0n) is 23.0. The lowest BCUT2D eigenvalue weighted by molar-refractivity contribution is -0.146. The van der Waals surface area contributed by atoms with Crippen LogP contribution in [0.1, 0.15) is 41.6 Å². The molecule has 0 bridgehead atoms. The number of hydrogen-bond donors (Lipinski definition) is 2. The minimum absolute atomic E-state index is 0.00485. The van der Waals surface area contributed by atoms with Crippen LogP contribution in [0.15, 0.2) is 60.0 Å². The van der Waals surface area contributed by atoms with Gasteiger partial charge in [0.25, 0.3) is 11.8 Å². The minimum Gasteiger partial charge on any atom is -0.342 e. The van der Waals surface area contributed by atoms with Gasteiger partial charge in [0, 0.05) is 24.1 Å². The molecule has 0 unspecified atom stereocenters. The summed E-state index contributed by atoms with van der Waals surface area (Å²) >= 11 is 13.5. The molecule has 41 heavy (non-hydrogen) atoms. The zero-order chi connectivity index (χ0) is 30.3. The lowest BCUT2D eigenvalue weighted by Crippen LogP contribution is -2.59. The zero-order valence-corrected chi connectivity index (χ0v) is 25.3. The molecule has 216 valence electrons. The Morgan fingerprint density at radius 3 is 2.27 bits per heavy atom. The Morgan fingerprint density at radius 2 is 1.66 bits per heavy atom. The molecule has 0 fully saturated rings. The summed E-state index contributed by atoms with van der Waals surface area (Å²) in [6, 6.07) is 12.4. The smallest absolute Gasteiger partial charge is 0.264 e. The van der Waals surface area contributed by atoms with E-state index in [-0.39, 0.29) is 23.6 Å². The average Bonchev–Trinajstić information content (AvgIpc) is 3.47. The van der Waals surface area contributed by atoms with Gasteiger partial charge in [0.05, 0.1) is 16.4 Å². The van der Waals surface area contributed by atoms with Gasteiger partial charge in [-0.05, 0) is 34.6 Å². The van der Waals surface area contributed by atoms with Crippen LogP contribution in [-0.2, 0) is 22.6 Å². The second kappa shape index (κ2) is 13.8. The summed E-state index contributed by atoms with van der Waals surface area (Å²) in [6.45, 7) is 5.10. The predicted octanol–water partition coefficient (Wildman–Crippen LogP) is 5.42. The van der Waals surface area contributed by atoms with Gasteiger partial charge in [-0.3, -0.25) is 14.4 Å². The first-order valence-electron chi connectivity index (χ1n) is 12.6. The highest BCUT2D eigenvalue weighted by atomic mass is 35.5. The van der Waals surface area contributed by atoms with Gasteiger partial charge in [0.2, 0.25) is 5.91 Å². The number of carbonyl (C=O) groups excluding carboxylic acids is 3. The number of thiophene rings is 1. The topological polar surface area (TPSA) is 106 Å². The molecule has 3 aromatic rings. The van der Waals surface area contributed by atoms with E-state index in [0.717, 1.165) is 10.0 Å². The summed E-state index contributed by atoms with van der Waals surface area (Å²) in [5.41, 5.74) is -0.0287. The summed E-state index contributed by atoms with van der Waals surface area (Å²) in [5, 5.41) is 19.4. The molecule has 2 N–H and O–H groups in total. The molecule has 1 aromatic heterocycles. The van der Waals surface area contributed by atoms with Crippen molar-refractivity contribution in [3.63, 3.8) is 0 Å². The number of likely N-dealkylation sites (N-methyl/N-ethyl adjacent to an activating group) is 1. The molecule has 3 amide bonds. The molecule has 0 aliphatic heterocycles. The van der Waals surface area contributed by atoms with Crippen molar-refractivity contribution in [3.8, 4) is 6.19 Å². The summed E-state index contributed by atoms with van der Waals surface area (Å²) in [4.78, 5) is 40.7. The molecular formula is C29H30Cl2FN5O3S. The maximum atomic E-state index is 14.6. The Bertz CT molecular complexity index is 1440. The highest BCUT2D eigenvalue weighted by molar-refractivity contribution is 7.12. The first-order valence-corrected chi connectivity index (χ1v) is 14.2. The first-order chi connectivity index (χ1) is 19.3. The highest BCUT2D eigenvalue weighted by Crippen LogP contribution is 2.23. The third-order valence-corrected chi connectivity index (χ3v) is 7.82. The second-order valence-corrected chi connectivity index (χ2v) is 12.1. The molecule has 0 aliphatic rings. The van der Waals surface area contributed by atoms with Crippen molar-refractivity contribution in [2.24, 2.45) is 5.41 Å². The van der Waals surface area contributed by atoms with Crippen molar-refractivity contribution < 1.29 is 18.8 Å². The predicted molar refractivity (Wildman–Crippen MR) is 157 cm³/mol. The van der Waals surface area contributed by atoms with Gasteiger partial charge < -0.3 is 10.6 Å². The Kier molecular flexibility index (Phi) is 10.7. The van der Waals surface area contributed by atoms with Crippen molar-refractivity contribution >= 4 is 52.3 Å². The molecule has 0 radical (unpaired) electrons. The van der Waals surface area contributed by atoms with E-state index in [4.69, 9.17) is 23.2 Å². The van der Waals surface area contributed by atoms with Gasteiger partial charge in [-0.25, -0.2) is 14.4 Å². The van der Waals surface area contributed by atoms with E-state index < -0.39 is 41.0 Å². The molecule has 2 aromatic carbocycles. The third kappa shape index (κ3) is 8.19. The van der Waals surface area contributed by atoms with Crippen LogP contribution in [0.4, 0.5) is 4.39 Å². The van der Waals surface area contributed by atoms with E-state index >= 15 is 0 Å². The van der Waals surface area contributed by atoms with Gasteiger partial charge in [-0.15, -0.1) is 11.3 Å². The van der Waals surface area contributed by atoms with Crippen molar-refractivity contribution in [3.05, 3.63) is 91.8 Å². The van der Waals surface area contributed by atoms with Crippen molar-refractivity contribution in [1.29, 1.82) is 5.26 Å². The molecule has 0 saturated heterocycles. The Balaban J connectivity index is 1.90. The maximum Gasteiger partial charge on any atom is 0.264 e. The number of carbonyl (C=O) groups is 3. The molecule has 0 saturated carbocycles. The number of amides is 3. The monoisotopic (exact) mass is 617 g/mol. The number of nitrogens with one attached hydrogen (secondary N) is 2. The van der Waals surface area contributed by atoms with Gasteiger partial charge in [0.15, 0.2) is 6.19 Å². The number of hydrogen-bond acceptors (Lipinski definition) is 6.